The maximum absolute atomic E-state index is 11.8. The van der Waals surface area contributed by atoms with Crippen molar-refractivity contribution < 1.29 is 14.7 Å². The number of nitrogens with zero attached hydrogens (tertiary/aromatic N) is 1. The van der Waals surface area contributed by atoms with Crippen LogP contribution >= 0.6 is 11.8 Å². The molecule has 104 valence electrons. The first kappa shape index (κ1) is 15.3. The van der Waals surface area contributed by atoms with Gasteiger partial charge in [0.05, 0.1) is 5.69 Å². The van der Waals surface area contributed by atoms with Crippen LogP contribution in [-0.4, -0.2) is 40.1 Å². The average Bonchev–Trinajstić information content (AvgIpc) is 2.38. The Morgan fingerprint density at radius 1 is 1.53 bits per heavy atom. The Hall–Kier alpha value is -1.76. The van der Waals surface area contributed by atoms with E-state index in [0.717, 1.165) is 12.2 Å². The molecule has 19 heavy (non-hydrogen) atoms. The number of aromatic carboxylic acids is 1. The molecule has 1 heterocycles. The summed E-state index contributed by atoms with van der Waals surface area (Å²) >= 11 is 1.64. The number of nitrogens with one attached hydrogen (secondary N) is 2. The standard InChI is InChI=1S/C12H17N3O3S/c1-3-8(7-19-2)14-12(18)15-9-5-4-6-13-10(9)11(16)17/h4-6,8H,3,7H2,1-2H3,(H,16,17)(H2,14,15,18). The Bertz CT molecular complexity index is 454. The lowest BCUT2D eigenvalue weighted by atomic mass is 10.2. The van der Waals surface area contributed by atoms with E-state index in [1.54, 1.807) is 17.8 Å². The van der Waals surface area contributed by atoms with Gasteiger partial charge in [-0.05, 0) is 24.8 Å². The lowest BCUT2D eigenvalue weighted by Gasteiger charge is -2.16. The van der Waals surface area contributed by atoms with E-state index in [-0.39, 0.29) is 17.4 Å². The van der Waals surface area contributed by atoms with E-state index in [0.29, 0.717) is 0 Å². The predicted molar refractivity (Wildman–Crippen MR) is 75.8 cm³/mol. The number of carboxylic acids is 1. The van der Waals surface area contributed by atoms with Crippen molar-refractivity contribution in [1.82, 2.24) is 10.3 Å². The number of amides is 2. The van der Waals surface area contributed by atoms with Crippen molar-refractivity contribution in [2.24, 2.45) is 0 Å². The second-order valence-corrected chi connectivity index (χ2v) is 4.77. The molecule has 0 saturated heterocycles. The molecular formula is C12H17N3O3S. The van der Waals surface area contributed by atoms with E-state index in [1.165, 1.54) is 12.3 Å². The van der Waals surface area contributed by atoms with Crippen LogP contribution in [0.25, 0.3) is 0 Å². The lowest BCUT2D eigenvalue weighted by Crippen LogP contribution is -2.39. The van der Waals surface area contributed by atoms with Crippen LogP contribution in [0.15, 0.2) is 18.3 Å². The number of carboxylic acid groups (broad SMARTS) is 1. The van der Waals surface area contributed by atoms with Gasteiger partial charge in [-0.25, -0.2) is 14.6 Å². The molecule has 0 aromatic carbocycles. The van der Waals surface area contributed by atoms with Crippen LogP contribution < -0.4 is 10.6 Å². The number of pyridine rings is 1. The van der Waals surface area contributed by atoms with Crippen molar-refractivity contribution in [3.8, 4) is 0 Å². The number of anilines is 1. The molecule has 0 aliphatic carbocycles. The van der Waals surface area contributed by atoms with Gasteiger partial charge in [-0.2, -0.15) is 11.8 Å². The molecule has 0 spiro atoms. The molecule has 0 radical (unpaired) electrons. The van der Waals surface area contributed by atoms with Gasteiger partial charge in [0.15, 0.2) is 5.69 Å². The van der Waals surface area contributed by atoms with Gasteiger partial charge < -0.3 is 15.7 Å². The van der Waals surface area contributed by atoms with Crippen LogP contribution in [0.5, 0.6) is 0 Å². The summed E-state index contributed by atoms with van der Waals surface area (Å²) in [5, 5.41) is 14.3. The van der Waals surface area contributed by atoms with Crippen LogP contribution in [0.2, 0.25) is 0 Å². The van der Waals surface area contributed by atoms with Crippen LogP contribution in [0.1, 0.15) is 23.8 Å². The van der Waals surface area contributed by atoms with Crippen molar-refractivity contribution in [2.75, 3.05) is 17.3 Å². The van der Waals surface area contributed by atoms with Crippen molar-refractivity contribution in [3.05, 3.63) is 24.0 Å². The molecule has 0 bridgehead atoms. The van der Waals surface area contributed by atoms with E-state index >= 15 is 0 Å². The third-order valence-corrected chi connectivity index (χ3v) is 3.19. The third-order valence-electron chi connectivity index (χ3n) is 2.45. The number of carbonyl (C=O) groups is 2. The van der Waals surface area contributed by atoms with Crippen molar-refractivity contribution >= 4 is 29.4 Å². The summed E-state index contributed by atoms with van der Waals surface area (Å²) in [5.41, 5.74) is 0.0158. The Morgan fingerprint density at radius 3 is 2.84 bits per heavy atom. The predicted octanol–water partition coefficient (Wildman–Crippen LogP) is 2.04. The molecule has 7 heteroatoms. The van der Waals surface area contributed by atoms with Gasteiger partial charge in [0.1, 0.15) is 0 Å². The number of hydrogen-bond donors (Lipinski definition) is 3. The van der Waals surface area contributed by atoms with E-state index < -0.39 is 12.0 Å². The van der Waals surface area contributed by atoms with E-state index in [4.69, 9.17) is 5.11 Å². The fourth-order valence-corrected chi connectivity index (χ4v) is 2.20. The highest BCUT2D eigenvalue weighted by molar-refractivity contribution is 7.98. The van der Waals surface area contributed by atoms with Crippen molar-refractivity contribution in [2.45, 2.75) is 19.4 Å². The molecule has 0 aliphatic heterocycles. The molecule has 1 rings (SSSR count). The number of carbonyl (C=O) groups excluding carboxylic acids is 1. The molecular weight excluding hydrogens is 266 g/mol. The maximum atomic E-state index is 11.8. The van der Waals surface area contributed by atoms with E-state index in [2.05, 4.69) is 15.6 Å². The highest BCUT2D eigenvalue weighted by atomic mass is 32.2. The number of aromatic nitrogens is 1. The molecule has 0 saturated carbocycles. The van der Waals surface area contributed by atoms with Crippen LogP contribution in [0, 0.1) is 0 Å². The smallest absolute Gasteiger partial charge is 0.356 e. The average molecular weight is 283 g/mol. The van der Waals surface area contributed by atoms with Crippen molar-refractivity contribution in [1.29, 1.82) is 0 Å². The minimum atomic E-state index is -1.17. The summed E-state index contributed by atoms with van der Waals surface area (Å²) in [7, 11) is 0. The van der Waals surface area contributed by atoms with Gasteiger partial charge in [0.2, 0.25) is 0 Å². The first-order chi connectivity index (χ1) is 9.08. The molecule has 6 nitrogen and oxygen atoms in total. The monoisotopic (exact) mass is 283 g/mol. The highest BCUT2D eigenvalue weighted by Gasteiger charge is 2.15. The zero-order valence-corrected chi connectivity index (χ0v) is 11.7. The zero-order valence-electron chi connectivity index (χ0n) is 10.8. The normalized spacial score (nSPS) is 11.7. The topological polar surface area (TPSA) is 91.3 Å². The summed E-state index contributed by atoms with van der Waals surface area (Å²) in [6, 6.07) is 2.71. The summed E-state index contributed by atoms with van der Waals surface area (Å²) in [6.07, 6.45) is 4.15. The second kappa shape index (κ2) is 7.63. The third kappa shape index (κ3) is 4.78. The zero-order chi connectivity index (χ0) is 14.3. The molecule has 1 aromatic heterocycles. The van der Waals surface area contributed by atoms with E-state index in [1.807, 2.05) is 13.2 Å². The number of thioether (sulfide) groups is 1. The van der Waals surface area contributed by atoms with Gasteiger partial charge in [0, 0.05) is 18.0 Å². The minimum Gasteiger partial charge on any atom is -0.476 e. The Kier molecular flexibility index (Phi) is 6.14. The quantitative estimate of drug-likeness (QED) is 0.743. The largest absolute Gasteiger partial charge is 0.476 e. The summed E-state index contributed by atoms with van der Waals surface area (Å²) in [5.74, 6) is -0.366. The van der Waals surface area contributed by atoms with Crippen LogP contribution in [0.3, 0.4) is 0 Å². The molecule has 2 amide bonds. The fraction of sp³-hybridized carbons (Fsp3) is 0.417. The highest BCUT2D eigenvalue weighted by Crippen LogP contribution is 2.12. The van der Waals surface area contributed by atoms with Gasteiger partial charge in [-0.3, -0.25) is 0 Å². The fourth-order valence-electron chi connectivity index (χ4n) is 1.48. The summed E-state index contributed by atoms with van der Waals surface area (Å²) in [6.45, 7) is 1.98. The van der Waals surface area contributed by atoms with Crippen LogP contribution in [0.4, 0.5) is 10.5 Å². The molecule has 1 unspecified atom stereocenters. The summed E-state index contributed by atoms with van der Waals surface area (Å²) in [4.78, 5) is 26.4. The number of rotatable bonds is 6. The minimum absolute atomic E-state index is 0.0555. The molecule has 1 atom stereocenters. The van der Waals surface area contributed by atoms with Gasteiger partial charge in [0.25, 0.3) is 0 Å². The SMILES string of the molecule is CCC(CSC)NC(=O)Nc1cccnc1C(=O)O. The summed E-state index contributed by atoms with van der Waals surface area (Å²) < 4.78 is 0. The van der Waals surface area contributed by atoms with Crippen molar-refractivity contribution in [3.63, 3.8) is 0 Å². The van der Waals surface area contributed by atoms with Gasteiger partial charge in [-0.1, -0.05) is 6.92 Å². The second-order valence-electron chi connectivity index (χ2n) is 3.86. The van der Waals surface area contributed by atoms with Gasteiger partial charge in [-0.15, -0.1) is 0 Å². The lowest BCUT2D eigenvalue weighted by molar-refractivity contribution is 0.0692. The number of hydrogen-bond acceptors (Lipinski definition) is 4. The van der Waals surface area contributed by atoms with E-state index in [9.17, 15) is 9.59 Å². The molecule has 1 aromatic rings. The molecule has 3 N–H and O–H groups in total. The Labute approximate surface area is 116 Å². The van der Waals surface area contributed by atoms with Gasteiger partial charge >= 0.3 is 12.0 Å². The first-order valence-electron chi connectivity index (χ1n) is 5.83. The molecule has 0 aliphatic rings. The Balaban J connectivity index is 2.69. The first-order valence-corrected chi connectivity index (χ1v) is 7.22. The Morgan fingerprint density at radius 2 is 2.26 bits per heavy atom. The maximum Gasteiger partial charge on any atom is 0.356 e. The molecule has 0 fully saturated rings. The van der Waals surface area contributed by atoms with Crippen LogP contribution in [-0.2, 0) is 0 Å². The number of urea groups is 1.